The van der Waals surface area contributed by atoms with Crippen LogP contribution in [0.1, 0.15) is 26.3 Å². The van der Waals surface area contributed by atoms with Gasteiger partial charge in [-0.3, -0.25) is 19.7 Å². The van der Waals surface area contributed by atoms with E-state index in [0.29, 0.717) is 16.8 Å². The molecule has 0 saturated heterocycles. The number of amides is 1. The Morgan fingerprint density at radius 1 is 0.857 bits per heavy atom. The average Bonchev–Trinajstić information content (AvgIpc) is 2.73. The number of anilines is 1. The normalized spacial score (nSPS) is 10.6. The van der Waals surface area contributed by atoms with E-state index in [9.17, 15) is 19.7 Å². The summed E-state index contributed by atoms with van der Waals surface area (Å²) in [4.78, 5) is 34.6. The first-order valence-electron chi connectivity index (χ1n) is 8.46. The topological polar surface area (TPSA) is 89.3 Å². The third-order valence-corrected chi connectivity index (χ3v) is 3.97. The molecule has 6 nitrogen and oxygen atoms in total. The van der Waals surface area contributed by atoms with Gasteiger partial charge < -0.3 is 5.32 Å². The van der Waals surface area contributed by atoms with Crippen LogP contribution in [0, 0.1) is 10.1 Å². The molecule has 0 bridgehead atoms. The minimum atomic E-state index is -0.520. The summed E-state index contributed by atoms with van der Waals surface area (Å²) in [5.41, 5.74) is 2.14. The Bertz CT molecular complexity index is 1040. The van der Waals surface area contributed by atoms with Crippen molar-refractivity contribution in [1.82, 2.24) is 0 Å². The van der Waals surface area contributed by atoms with Gasteiger partial charge in [0.2, 0.25) is 0 Å². The van der Waals surface area contributed by atoms with Gasteiger partial charge in [-0.1, -0.05) is 48.5 Å². The Balaban J connectivity index is 1.69. The van der Waals surface area contributed by atoms with Crippen molar-refractivity contribution in [2.75, 3.05) is 5.32 Å². The second kappa shape index (κ2) is 8.55. The quantitative estimate of drug-likeness (QED) is 0.293. The molecule has 0 radical (unpaired) electrons. The molecule has 0 fully saturated rings. The number of nitrogens with zero attached hydrogens (tertiary/aromatic N) is 1. The molecule has 6 heteroatoms. The van der Waals surface area contributed by atoms with Crippen molar-refractivity contribution in [2.24, 2.45) is 0 Å². The molecule has 0 unspecified atom stereocenters. The van der Waals surface area contributed by atoms with Crippen LogP contribution in [-0.4, -0.2) is 16.6 Å². The predicted molar refractivity (Wildman–Crippen MR) is 107 cm³/mol. The van der Waals surface area contributed by atoms with Crippen LogP contribution in [0.25, 0.3) is 6.08 Å². The summed E-state index contributed by atoms with van der Waals surface area (Å²) in [5.74, 6) is -0.489. The van der Waals surface area contributed by atoms with Gasteiger partial charge in [-0.25, -0.2) is 0 Å². The van der Waals surface area contributed by atoms with E-state index in [-0.39, 0.29) is 17.4 Å². The maximum Gasteiger partial charge on any atom is 0.269 e. The molecule has 138 valence electrons. The lowest BCUT2D eigenvalue weighted by Crippen LogP contribution is -2.11. The smallest absolute Gasteiger partial charge is 0.269 e. The molecule has 3 aromatic carbocycles. The van der Waals surface area contributed by atoms with Crippen LogP contribution in [0.5, 0.6) is 0 Å². The number of rotatable bonds is 6. The molecular formula is C22H16N2O4. The minimum Gasteiger partial charge on any atom is -0.322 e. The molecule has 0 heterocycles. The van der Waals surface area contributed by atoms with E-state index in [1.807, 2.05) is 12.1 Å². The monoisotopic (exact) mass is 372 g/mol. The van der Waals surface area contributed by atoms with Crippen LogP contribution in [-0.2, 0) is 0 Å². The second-order valence-corrected chi connectivity index (χ2v) is 5.95. The number of carbonyl (C=O) groups is 2. The lowest BCUT2D eigenvalue weighted by molar-refractivity contribution is -0.384. The lowest BCUT2D eigenvalue weighted by Gasteiger charge is -2.06. The zero-order valence-corrected chi connectivity index (χ0v) is 14.7. The Morgan fingerprint density at radius 2 is 1.57 bits per heavy atom. The number of ketones is 1. The van der Waals surface area contributed by atoms with Gasteiger partial charge in [0.05, 0.1) is 4.92 Å². The maximum atomic E-state index is 12.3. The van der Waals surface area contributed by atoms with Crippen LogP contribution < -0.4 is 5.32 Å². The molecule has 0 aliphatic heterocycles. The summed E-state index contributed by atoms with van der Waals surface area (Å²) in [6.45, 7) is 0. The highest BCUT2D eigenvalue weighted by molar-refractivity contribution is 6.07. The van der Waals surface area contributed by atoms with Gasteiger partial charge in [-0.05, 0) is 35.9 Å². The predicted octanol–water partition coefficient (Wildman–Crippen LogP) is 4.74. The van der Waals surface area contributed by atoms with Crippen LogP contribution in [0.2, 0.25) is 0 Å². The molecule has 0 atom stereocenters. The largest absolute Gasteiger partial charge is 0.322 e. The van der Waals surface area contributed by atoms with Gasteiger partial charge in [0.1, 0.15) is 0 Å². The van der Waals surface area contributed by atoms with Gasteiger partial charge in [-0.15, -0.1) is 0 Å². The molecule has 0 aliphatic carbocycles. The summed E-state index contributed by atoms with van der Waals surface area (Å²) in [6, 6.07) is 21.3. The van der Waals surface area contributed by atoms with Gasteiger partial charge in [0.15, 0.2) is 5.78 Å². The van der Waals surface area contributed by atoms with E-state index in [4.69, 9.17) is 0 Å². The fourth-order valence-electron chi connectivity index (χ4n) is 2.53. The number of nitro benzene ring substituents is 1. The Morgan fingerprint density at radius 3 is 2.25 bits per heavy atom. The fraction of sp³-hybridized carbons (Fsp3) is 0. The second-order valence-electron chi connectivity index (χ2n) is 5.95. The Labute approximate surface area is 161 Å². The summed E-state index contributed by atoms with van der Waals surface area (Å²) in [5, 5.41) is 13.4. The highest BCUT2D eigenvalue weighted by Crippen LogP contribution is 2.16. The van der Waals surface area contributed by atoms with Gasteiger partial charge >= 0.3 is 0 Å². The highest BCUT2D eigenvalue weighted by Gasteiger charge is 2.10. The molecule has 1 N–H and O–H groups in total. The molecular weight excluding hydrogens is 356 g/mol. The van der Waals surface area contributed by atoms with E-state index in [0.717, 1.165) is 5.56 Å². The van der Waals surface area contributed by atoms with Crippen molar-refractivity contribution in [3.8, 4) is 0 Å². The molecule has 28 heavy (non-hydrogen) atoms. The van der Waals surface area contributed by atoms with Crippen molar-refractivity contribution in [2.45, 2.75) is 0 Å². The number of nitrogens with one attached hydrogen (secondary N) is 1. The number of non-ortho nitro benzene ring substituents is 1. The van der Waals surface area contributed by atoms with E-state index in [2.05, 4.69) is 5.32 Å². The van der Waals surface area contributed by atoms with Gasteiger partial charge in [0.25, 0.3) is 11.6 Å². The lowest BCUT2D eigenvalue weighted by atomic mass is 10.1. The summed E-state index contributed by atoms with van der Waals surface area (Å²) < 4.78 is 0. The van der Waals surface area contributed by atoms with Gasteiger partial charge in [0, 0.05) is 28.9 Å². The minimum absolute atomic E-state index is 0.0771. The summed E-state index contributed by atoms with van der Waals surface area (Å²) >= 11 is 0. The molecule has 1 amide bonds. The number of nitro groups is 1. The highest BCUT2D eigenvalue weighted by atomic mass is 16.6. The molecule has 0 aliphatic rings. The van der Waals surface area contributed by atoms with Crippen LogP contribution in [0.4, 0.5) is 11.4 Å². The summed E-state index contributed by atoms with van der Waals surface area (Å²) in [6.07, 6.45) is 3.16. The van der Waals surface area contributed by atoms with Crippen LogP contribution in [0.3, 0.4) is 0 Å². The average molecular weight is 372 g/mol. The van der Waals surface area contributed by atoms with Gasteiger partial charge in [-0.2, -0.15) is 0 Å². The van der Waals surface area contributed by atoms with E-state index >= 15 is 0 Å². The van der Waals surface area contributed by atoms with Crippen molar-refractivity contribution >= 4 is 29.1 Å². The van der Waals surface area contributed by atoms with E-state index in [1.54, 1.807) is 48.5 Å². The molecule has 3 rings (SSSR count). The number of carbonyl (C=O) groups excluding carboxylic acids is 2. The first kappa shape index (κ1) is 18.7. The molecule has 3 aromatic rings. The zero-order chi connectivity index (χ0) is 19.9. The van der Waals surface area contributed by atoms with Crippen LogP contribution >= 0.6 is 0 Å². The summed E-state index contributed by atoms with van der Waals surface area (Å²) in [7, 11) is 0. The fourth-order valence-corrected chi connectivity index (χ4v) is 2.53. The molecule has 0 aromatic heterocycles. The maximum absolute atomic E-state index is 12.3. The Kier molecular flexibility index (Phi) is 5.72. The number of benzene rings is 3. The third-order valence-electron chi connectivity index (χ3n) is 3.97. The van der Waals surface area contributed by atoms with Crippen molar-refractivity contribution in [3.05, 3.63) is 112 Å². The first-order valence-corrected chi connectivity index (χ1v) is 8.46. The number of hydrogen-bond acceptors (Lipinski definition) is 4. The van der Waals surface area contributed by atoms with E-state index < -0.39 is 4.92 Å². The Hall–Kier alpha value is -4.06. The molecule has 0 spiro atoms. The van der Waals surface area contributed by atoms with Crippen LogP contribution in [0.15, 0.2) is 84.9 Å². The van der Waals surface area contributed by atoms with Crippen molar-refractivity contribution in [3.63, 3.8) is 0 Å². The number of hydrogen-bond donors (Lipinski definition) is 1. The van der Waals surface area contributed by atoms with Crippen molar-refractivity contribution < 1.29 is 14.5 Å². The SMILES string of the molecule is O=C(/C=C/c1cccc(NC(=O)c2ccc([N+](=O)[O-])cc2)c1)c1ccccc1. The first-order chi connectivity index (χ1) is 13.5. The van der Waals surface area contributed by atoms with Crippen molar-refractivity contribution in [1.29, 1.82) is 0 Å². The zero-order valence-electron chi connectivity index (χ0n) is 14.7. The molecule has 0 saturated carbocycles. The third kappa shape index (κ3) is 4.76. The van der Waals surface area contributed by atoms with E-state index in [1.165, 1.54) is 30.3 Å². The standard InChI is InChI=1S/C22H16N2O4/c25-21(17-6-2-1-3-7-17)14-9-16-5-4-8-19(15-16)23-22(26)18-10-12-20(13-11-18)24(27)28/h1-15H,(H,23,26)/b14-9+. The number of allylic oxidation sites excluding steroid dienone is 1.